The van der Waals surface area contributed by atoms with Crippen LogP contribution in [0.1, 0.15) is 40.8 Å². The van der Waals surface area contributed by atoms with E-state index in [9.17, 15) is 14.7 Å². The zero-order chi connectivity index (χ0) is 22.4. The summed E-state index contributed by atoms with van der Waals surface area (Å²) in [6.45, 7) is 5.43. The summed E-state index contributed by atoms with van der Waals surface area (Å²) in [4.78, 5) is 25.4. The largest absolute Gasteiger partial charge is 0.453 e. The van der Waals surface area contributed by atoms with Crippen LogP contribution in [-0.2, 0) is 19.9 Å². The molecule has 5 heteroatoms. The molecule has 0 fully saturated rings. The van der Waals surface area contributed by atoms with Gasteiger partial charge < -0.3 is 15.2 Å². The minimum absolute atomic E-state index is 0.243. The second-order valence-corrected chi connectivity index (χ2v) is 7.65. The third kappa shape index (κ3) is 5.01. The molecule has 3 rings (SSSR count). The van der Waals surface area contributed by atoms with Crippen molar-refractivity contribution in [1.82, 2.24) is 5.32 Å². The smallest absolute Gasteiger partial charge is 0.348 e. The summed E-state index contributed by atoms with van der Waals surface area (Å²) in [5, 5.41) is 14.2. The Morgan fingerprint density at radius 3 is 1.97 bits per heavy atom. The van der Waals surface area contributed by atoms with Gasteiger partial charge in [-0.1, -0.05) is 78.9 Å². The van der Waals surface area contributed by atoms with E-state index in [1.165, 1.54) is 5.56 Å². The van der Waals surface area contributed by atoms with Gasteiger partial charge in [-0.2, -0.15) is 0 Å². The molecule has 0 unspecified atom stereocenters. The Hall–Kier alpha value is -3.44. The molecule has 0 spiro atoms. The van der Waals surface area contributed by atoms with E-state index >= 15 is 0 Å². The predicted octanol–water partition coefficient (Wildman–Crippen LogP) is 3.96. The summed E-state index contributed by atoms with van der Waals surface area (Å²) in [6, 6.07) is 22.9. The molecule has 0 radical (unpaired) electrons. The number of aliphatic hydroxyl groups is 1. The van der Waals surface area contributed by atoms with E-state index in [-0.39, 0.29) is 6.04 Å². The number of ether oxygens (including phenoxy) is 1. The highest BCUT2D eigenvalue weighted by molar-refractivity contribution is 5.88. The topological polar surface area (TPSA) is 75.6 Å². The zero-order valence-electron chi connectivity index (χ0n) is 18.0. The van der Waals surface area contributed by atoms with Gasteiger partial charge in [-0.15, -0.1) is 0 Å². The van der Waals surface area contributed by atoms with Crippen LogP contribution in [-0.4, -0.2) is 23.6 Å². The molecular formula is C26H27NO4. The molecule has 0 aliphatic heterocycles. The molecule has 0 saturated carbocycles. The normalized spacial score (nSPS) is 12.1. The molecule has 0 aromatic heterocycles. The number of esters is 1. The van der Waals surface area contributed by atoms with Crippen LogP contribution in [0.2, 0.25) is 0 Å². The van der Waals surface area contributed by atoms with Crippen LogP contribution < -0.4 is 5.32 Å². The van der Waals surface area contributed by atoms with Gasteiger partial charge in [-0.05, 0) is 48.6 Å². The number of carbonyl (C=O) groups is 2. The van der Waals surface area contributed by atoms with E-state index in [4.69, 9.17) is 4.74 Å². The lowest BCUT2D eigenvalue weighted by atomic mass is 9.86. The molecule has 0 aliphatic rings. The van der Waals surface area contributed by atoms with E-state index in [0.29, 0.717) is 11.1 Å². The van der Waals surface area contributed by atoms with Gasteiger partial charge in [-0.3, -0.25) is 4.79 Å². The number of benzene rings is 3. The van der Waals surface area contributed by atoms with E-state index in [0.717, 1.165) is 11.1 Å². The minimum atomic E-state index is -2.01. The highest BCUT2D eigenvalue weighted by atomic mass is 16.6. The first kappa shape index (κ1) is 22.2. The summed E-state index contributed by atoms with van der Waals surface area (Å²) in [5.41, 5.74) is 2.01. The van der Waals surface area contributed by atoms with Gasteiger partial charge in [0.2, 0.25) is 5.60 Å². The van der Waals surface area contributed by atoms with Gasteiger partial charge >= 0.3 is 5.97 Å². The maximum atomic E-state index is 13.0. The van der Waals surface area contributed by atoms with Crippen molar-refractivity contribution in [2.45, 2.75) is 32.4 Å². The van der Waals surface area contributed by atoms with Crippen LogP contribution in [0.3, 0.4) is 0 Å². The first-order chi connectivity index (χ1) is 14.8. The Morgan fingerprint density at radius 1 is 0.903 bits per heavy atom. The maximum Gasteiger partial charge on any atom is 0.348 e. The number of nitrogens with one attached hydrogen (secondary N) is 1. The van der Waals surface area contributed by atoms with Crippen molar-refractivity contribution >= 4 is 11.9 Å². The lowest BCUT2D eigenvalue weighted by Gasteiger charge is -2.27. The molecule has 1 atom stereocenters. The molecular weight excluding hydrogens is 390 g/mol. The number of amides is 1. The number of aryl methyl sites for hydroxylation is 2. The average Bonchev–Trinajstić information content (AvgIpc) is 2.79. The third-order valence-corrected chi connectivity index (χ3v) is 5.42. The van der Waals surface area contributed by atoms with E-state index in [2.05, 4.69) is 5.32 Å². The molecule has 2 N–H and O–H groups in total. The predicted molar refractivity (Wildman–Crippen MR) is 119 cm³/mol. The number of hydrogen-bond donors (Lipinski definition) is 2. The summed E-state index contributed by atoms with van der Waals surface area (Å²) in [7, 11) is 0. The van der Waals surface area contributed by atoms with Crippen molar-refractivity contribution in [3.63, 3.8) is 0 Å². The van der Waals surface area contributed by atoms with Crippen molar-refractivity contribution in [3.8, 4) is 0 Å². The SMILES string of the molecule is Cc1ccc([C@H](C)NC(=O)COC(=O)C(O)(c2ccccc2)c2ccccc2)cc1C. The van der Waals surface area contributed by atoms with Crippen LogP contribution in [0.25, 0.3) is 0 Å². The van der Waals surface area contributed by atoms with Crippen molar-refractivity contribution in [1.29, 1.82) is 0 Å². The highest BCUT2D eigenvalue weighted by Gasteiger charge is 2.41. The number of rotatable bonds is 7. The van der Waals surface area contributed by atoms with E-state index in [1.807, 2.05) is 39.0 Å². The molecule has 0 saturated heterocycles. The highest BCUT2D eigenvalue weighted by Crippen LogP contribution is 2.31. The van der Waals surface area contributed by atoms with Gasteiger partial charge in [0, 0.05) is 0 Å². The van der Waals surface area contributed by atoms with E-state index < -0.39 is 24.1 Å². The van der Waals surface area contributed by atoms with Crippen LogP contribution in [0.5, 0.6) is 0 Å². The Bertz CT molecular complexity index is 1010. The average molecular weight is 418 g/mol. The van der Waals surface area contributed by atoms with Crippen molar-refractivity contribution < 1.29 is 19.4 Å². The van der Waals surface area contributed by atoms with Gasteiger partial charge in [0.05, 0.1) is 6.04 Å². The molecule has 0 aliphatic carbocycles. The Morgan fingerprint density at radius 2 is 1.45 bits per heavy atom. The standard InChI is InChI=1S/C26H27NO4/c1-18-14-15-21(16-19(18)2)20(3)27-24(28)17-31-25(29)26(30,22-10-6-4-7-11-22)23-12-8-5-9-13-23/h4-16,20,30H,17H2,1-3H3,(H,27,28)/t20-/m0/s1. The summed E-state index contributed by atoms with van der Waals surface area (Å²) in [6.07, 6.45) is 0. The molecule has 5 nitrogen and oxygen atoms in total. The monoisotopic (exact) mass is 417 g/mol. The van der Waals surface area contributed by atoms with Gasteiger partial charge in [0.15, 0.2) is 6.61 Å². The Labute approximate surface area is 182 Å². The minimum Gasteiger partial charge on any atom is -0.453 e. The lowest BCUT2D eigenvalue weighted by Crippen LogP contribution is -2.40. The second kappa shape index (κ2) is 9.58. The first-order valence-corrected chi connectivity index (χ1v) is 10.2. The van der Waals surface area contributed by atoms with Crippen LogP contribution in [0, 0.1) is 13.8 Å². The fourth-order valence-corrected chi connectivity index (χ4v) is 3.40. The fraction of sp³-hybridized carbons (Fsp3) is 0.231. The molecule has 0 heterocycles. The van der Waals surface area contributed by atoms with Gasteiger partial charge in [0.1, 0.15) is 0 Å². The summed E-state index contributed by atoms with van der Waals surface area (Å²) >= 11 is 0. The van der Waals surface area contributed by atoms with Crippen molar-refractivity contribution in [2.75, 3.05) is 6.61 Å². The number of carbonyl (C=O) groups excluding carboxylic acids is 2. The fourth-order valence-electron chi connectivity index (χ4n) is 3.40. The van der Waals surface area contributed by atoms with Crippen LogP contribution in [0.15, 0.2) is 78.9 Å². The Balaban J connectivity index is 1.71. The maximum absolute atomic E-state index is 13.0. The molecule has 0 bridgehead atoms. The summed E-state index contributed by atoms with van der Waals surface area (Å²) in [5.74, 6) is -1.35. The Kier molecular flexibility index (Phi) is 6.88. The van der Waals surface area contributed by atoms with Crippen molar-refractivity contribution in [2.24, 2.45) is 0 Å². The van der Waals surface area contributed by atoms with Crippen LogP contribution in [0.4, 0.5) is 0 Å². The third-order valence-electron chi connectivity index (χ3n) is 5.42. The van der Waals surface area contributed by atoms with Crippen LogP contribution >= 0.6 is 0 Å². The first-order valence-electron chi connectivity index (χ1n) is 10.2. The molecule has 31 heavy (non-hydrogen) atoms. The van der Waals surface area contributed by atoms with Gasteiger partial charge in [0.25, 0.3) is 5.91 Å². The molecule has 3 aromatic rings. The van der Waals surface area contributed by atoms with Gasteiger partial charge in [-0.25, -0.2) is 4.79 Å². The molecule has 160 valence electrons. The van der Waals surface area contributed by atoms with Crippen molar-refractivity contribution in [3.05, 3.63) is 107 Å². The second-order valence-electron chi connectivity index (χ2n) is 7.65. The molecule has 3 aromatic carbocycles. The quantitative estimate of drug-likeness (QED) is 0.571. The lowest BCUT2D eigenvalue weighted by molar-refractivity contribution is -0.164. The molecule has 1 amide bonds. The number of hydrogen-bond acceptors (Lipinski definition) is 4. The van der Waals surface area contributed by atoms with E-state index in [1.54, 1.807) is 60.7 Å². The summed E-state index contributed by atoms with van der Waals surface area (Å²) < 4.78 is 5.26. The zero-order valence-corrected chi connectivity index (χ0v) is 18.0.